The molecule has 3 aliphatic rings. The van der Waals surface area contributed by atoms with Crippen LogP contribution in [0.5, 0.6) is 0 Å². The number of likely N-dealkylation sites (N-methyl/N-ethyl adjacent to an activating group) is 2. The van der Waals surface area contributed by atoms with Crippen LogP contribution in [0.3, 0.4) is 0 Å². The van der Waals surface area contributed by atoms with Crippen molar-refractivity contribution in [1.29, 1.82) is 0 Å². The van der Waals surface area contributed by atoms with Crippen LogP contribution < -0.4 is 5.46 Å². The Morgan fingerprint density at radius 3 is 1.75 bits per heavy atom. The van der Waals surface area contributed by atoms with Gasteiger partial charge in [-0.2, -0.15) is 0 Å². The minimum Gasteiger partial charge on any atom is -0.399 e. The molecule has 0 aromatic heterocycles. The molecule has 3 aliphatic heterocycles. The van der Waals surface area contributed by atoms with Crippen molar-refractivity contribution in [3.63, 3.8) is 0 Å². The van der Waals surface area contributed by atoms with E-state index >= 15 is 0 Å². The van der Waals surface area contributed by atoms with Crippen LogP contribution >= 0.6 is 15.9 Å². The minimum atomic E-state index is -0.408. The Hall–Kier alpha value is -2.16. The molecule has 1 fully saturated rings. The number of aryl methyl sites for hydroxylation is 2. The van der Waals surface area contributed by atoms with Crippen LogP contribution in [-0.2, 0) is 22.2 Å². The number of carbonyl (C=O) groups is 2. The highest BCUT2D eigenvalue weighted by atomic mass is 79.9. The third kappa shape index (κ3) is 4.87. The number of benzene rings is 2. The second kappa shape index (κ2) is 9.62. The van der Waals surface area contributed by atoms with Gasteiger partial charge in [0.25, 0.3) is 11.8 Å². The van der Waals surface area contributed by atoms with Crippen LogP contribution in [0.25, 0.3) is 0 Å². The SMILES string of the molecule is Cc1cc(B2OC(C)(C)C(C)(C)O2)c2c(c1)C(=O)N(C)CC2.Cc1cc(Br)c2c(c1)C(=O)N(C)CC2. The summed E-state index contributed by atoms with van der Waals surface area (Å²) in [6.07, 6.45) is 1.79. The van der Waals surface area contributed by atoms with E-state index in [-0.39, 0.29) is 23.0 Å². The number of carbonyl (C=O) groups excluding carboxylic acids is 2. The third-order valence-corrected chi connectivity index (χ3v) is 8.53. The second-order valence-corrected chi connectivity index (χ2v) is 12.0. The summed E-state index contributed by atoms with van der Waals surface area (Å²) in [5.41, 5.74) is 6.32. The van der Waals surface area contributed by atoms with Gasteiger partial charge < -0.3 is 19.1 Å². The summed E-state index contributed by atoms with van der Waals surface area (Å²) in [6.45, 7) is 13.8. The summed E-state index contributed by atoms with van der Waals surface area (Å²) in [5, 5.41) is 0. The number of nitrogens with zero attached hydrogens (tertiary/aromatic N) is 2. The Morgan fingerprint density at radius 1 is 0.778 bits per heavy atom. The van der Waals surface area contributed by atoms with E-state index in [9.17, 15) is 9.59 Å². The van der Waals surface area contributed by atoms with Gasteiger partial charge in [-0.25, -0.2) is 0 Å². The lowest BCUT2D eigenvalue weighted by Crippen LogP contribution is -2.43. The first kappa shape index (κ1) is 26.9. The fraction of sp³-hybridized carbons (Fsp3) is 0.500. The van der Waals surface area contributed by atoms with E-state index < -0.39 is 7.12 Å². The molecule has 0 bridgehead atoms. The molecular formula is C28H36BBrN2O4. The largest absolute Gasteiger partial charge is 0.495 e. The molecule has 36 heavy (non-hydrogen) atoms. The standard InChI is InChI=1S/C17H24BNO3.C11H12BrNO/c1-11-9-13-12(7-8-19(6)15(13)20)14(10-11)18-21-16(2,3)17(4,5)22-18;1-7-5-9-8(10(12)6-7)3-4-13(2)11(9)14/h9-10H,7-8H2,1-6H3;5-6H,3-4H2,1-2H3. The first-order chi connectivity index (χ1) is 16.7. The zero-order chi connectivity index (χ0) is 26.6. The molecule has 5 rings (SSSR count). The van der Waals surface area contributed by atoms with Gasteiger partial charge in [0.15, 0.2) is 0 Å². The summed E-state index contributed by atoms with van der Waals surface area (Å²) in [4.78, 5) is 27.8. The van der Waals surface area contributed by atoms with Gasteiger partial charge in [0, 0.05) is 42.8 Å². The van der Waals surface area contributed by atoms with Crippen molar-refractivity contribution in [3.8, 4) is 0 Å². The molecule has 0 unspecified atom stereocenters. The maximum Gasteiger partial charge on any atom is 0.495 e. The van der Waals surface area contributed by atoms with Gasteiger partial charge in [-0.15, -0.1) is 0 Å². The lowest BCUT2D eigenvalue weighted by atomic mass is 9.72. The number of amides is 2. The topological polar surface area (TPSA) is 59.1 Å². The van der Waals surface area contributed by atoms with Crippen molar-refractivity contribution in [2.45, 2.75) is 65.6 Å². The number of hydrogen-bond acceptors (Lipinski definition) is 4. The fourth-order valence-electron chi connectivity index (χ4n) is 4.88. The molecule has 0 saturated carbocycles. The molecule has 2 aromatic carbocycles. The molecule has 0 spiro atoms. The first-order valence-corrected chi connectivity index (χ1v) is 13.3. The number of rotatable bonds is 1. The lowest BCUT2D eigenvalue weighted by Gasteiger charge is -2.32. The van der Waals surface area contributed by atoms with Gasteiger partial charge in [-0.05, 0) is 94.7 Å². The van der Waals surface area contributed by atoms with E-state index in [0.717, 1.165) is 69.2 Å². The average Bonchev–Trinajstić information content (AvgIpc) is 3.00. The highest BCUT2D eigenvalue weighted by Crippen LogP contribution is 2.37. The van der Waals surface area contributed by atoms with Crippen molar-refractivity contribution >= 4 is 40.3 Å². The number of halogens is 1. The monoisotopic (exact) mass is 554 g/mol. The van der Waals surface area contributed by atoms with Crippen LogP contribution in [0.2, 0.25) is 0 Å². The van der Waals surface area contributed by atoms with Crippen molar-refractivity contribution in [2.24, 2.45) is 0 Å². The van der Waals surface area contributed by atoms with E-state index in [2.05, 4.69) is 28.1 Å². The normalized spacial score (nSPS) is 20.1. The van der Waals surface area contributed by atoms with Crippen LogP contribution in [-0.4, -0.2) is 67.1 Å². The van der Waals surface area contributed by atoms with E-state index in [1.165, 1.54) is 0 Å². The van der Waals surface area contributed by atoms with Gasteiger partial charge in [-0.3, -0.25) is 9.59 Å². The molecule has 1 saturated heterocycles. The van der Waals surface area contributed by atoms with E-state index in [4.69, 9.17) is 9.31 Å². The quantitative estimate of drug-likeness (QED) is 0.493. The molecule has 6 nitrogen and oxygen atoms in total. The van der Waals surface area contributed by atoms with E-state index in [0.29, 0.717) is 0 Å². The number of fused-ring (bicyclic) bond motifs is 2. The Labute approximate surface area is 223 Å². The molecule has 0 atom stereocenters. The first-order valence-electron chi connectivity index (χ1n) is 12.5. The predicted octanol–water partition coefficient (Wildman–Crippen LogP) is 4.31. The molecule has 0 N–H and O–H groups in total. The molecule has 8 heteroatoms. The summed E-state index contributed by atoms with van der Waals surface area (Å²) in [5.74, 6) is 0.221. The molecule has 0 radical (unpaired) electrons. The molecule has 2 amide bonds. The zero-order valence-electron chi connectivity index (χ0n) is 22.6. The van der Waals surface area contributed by atoms with Crippen molar-refractivity contribution in [3.05, 3.63) is 62.1 Å². The highest BCUT2D eigenvalue weighted by molar-refractivity contribution is 9.10. The lowest BCUT2D eigenvalue weighted by molar-refractivity contribution is 0.00578. The molecule has 2 aromatic rings. The van der Waals surface area contributed by atoms with Crippen molar-refractivity contribution in [2.75, 3.05) is 27.2 Å². The van der Waals surface area contributed by atoms with Crippen molar-refractivity contribution in [1.82, 2.24) is 9.80 Å². The van der Waals surface area contributed by atoms with Gasteiger partial charge in [0.05, 0.1) is 11.2 Å². The summed E-state index contributed by atoms with van der Waals surface area (Å²) in [6, 6.07) is 8.11. The number of hydrogen-bond donors (Lipinski definition) is 0. The van der Waals surface area contributed by atoms with Gasteiger partial charge in [0.2, 0.25) is 0 Å². The van der Waals surface area contributed by atoms with Crippen LogP contribution in [0.4, 0.5) is 0 Å². The Morgan fingerprint density at radius 2 is 1.22 bits per heavy atom. The highest BCUT2D eigenvalue weighted by Gasteiger charge is 2.52. The van der Waals surface area contributed by atoms with Crippen LogP contribution in [0.1, 0.15) is 70.7 Å². The Bertz CT molecular complexity index is 1210. The second-order valence-electron chi connectivity index (χ2n) is 11.2. The maximum atomic E-state index is 12.4. The molecule has 0 aliphatic carbocycles. The van der Waals surface area contributed by atoms with Crippen LogP contribution in [0, 0.1) is 13.8 Å². The summed E-state index contributed by atoms with van der Waals surface area (Å²) < 4.78 is 13.4. The Balaban J connectivity index is 0.000000187. The zero-order valence-corrected chi connectivity index (χ0v) is 24.2. The van der Waals surface area contributed by atoms with Crippen molar-refractivity contribution < 1.29 is 18.9 Å². The van der Waals surface area contributed by atoms with E-state index in [1.54, 1.807) is 9.80 Å². The van der Waals surface area contributed by atoms with E-state index in [1.807, 2.05) is 67.8 Å². The fourth-order valence-corrected chi connectivity index (χ4v) is 5.66. The summed E-state index contributed by atoms with van der Waals surface area (Å²) >= 11 is 3.51. The minimum absolute atomic E-state index is 0.0858. The Kier molecular flexibility index (Phi) is 7.19. The maximum absolute atomic E-state index is 12.4. The molecular weight excluding hydrogens is 519 g/mol. The van der Waals surface area contributed by atoms with Gasteiger partial charge in [0.1, 0.15) is 0 Å². The molecule has 3 heterocycles. The molecule has 192 valence electrons. The van der Waals surface area contributed by atoms with Crippen LogP contribution in [0.15, 0.2) is 28.7 Å². The predicted molar refractivity (Wildman–Crippen MR) is 147 cm³/mol. The van der Waals surface area contributed by atoms with Gasteiger partial charge >= 0.3 is 7.12 Å². The third-order valence-electron chi connectivity index (χ3n) is 7.82. The average molecular weight is 555 g/mol. The van der Waals surface area contributed by atoms with Gasteiger partial charge in [-0.1, -0.05) is 27.6 Å². The summed E-state index contributed by atoms with van der Waals surface area (Å²) in [7, 11) is 3.29. The smallest absolute Gasteiger partial charge is 0.399 e.